The number of hydrogen-bond acceptors (Lipinski definition) is 3. The van der Waals surface area contributed by atoms with Crippen molar-refractivity contribution in [3.8, 4) is 28.8 Å². The maximum Gasteiger partial charge on any atom is 0.221 e. The average Bonchev–Trinajstić information content (AvgIpc) is 2.93. The number of hydrogen-bond donors (Lipinski definition) is 0. The third-order valence-corrected chi connectivity index (χ3v) is 3.54. The molecule has 4 nitrogen and oxygen atoms in total. The molecule has 0 aliphatic heterocycles. The zero-order valence-corrected chi connectivity index (χ0v) is 12.5. The second kappa shape index (κ2) is 6.32. The second-order valence-corrected chi connectivity index (χ2v) is 4.93. The fourth-order valence-electron chi connectivity index (χ4n) is 2.39. The monoisotopic (exact) mass is 307 g/mol. The lowest BCUT2D eigenvalue weighted by atomic mass is 10.1. The van der Waals surface area contributed by atoms with Gasteiger partial charge in [-0.1, -0.05) is 18.2 Å². The van der Waals surface area contributed by atoms with E-state index in [0.29, 0.717) is 22.7 Å². The zero-order valence-electron chi connectivity index (χ0n) is 12.5. The molecule has 3 aromatic rings. The largest absolute Gasteiger partial charge is 0.497 e. The van der Waals surface area contributed by atoms with Crippen LogP contribution in [0.4, 0.5) is 4.39 Å². The SMILES string of the molecule is COc1ccc(-c2nn(-c3ccccc3)c(F)c2CC#N)cc1. The number of nitriles is 1. The van der Waals surface area contributed by atoms with Gasteiger partial charge < -0.3 is 4.74 Å². The molecule has 0 radical (unpaired) electrons. The van der Waals surface area contributed by atoms with Crippen molar-refractivity contribution in [1.29, 1.82) is 5.26 Å². The molecule has 0 aliphatic rings. The Kier molecular flexibility index (Phi) is 4.07. The highest BCUT2D eigenvalue weighted by Gasteiger charge is 2.20. The van der Waals surface area contributed by atoms with E-state index in [9.17, 15) is 4.39 Å². The van der Waals surface area contributed by atoms with Gasteiger partial charge >= 0.3 is 0 Å². The maximum atomic E-state index is 14.7. The van der Waals surface area contributed by atoms with Crippen LogP contribution < -0.4 is 4.74 Å². The van der Waals surface area contributed by atoms with Crippen LogP contribution in [0.1, 0.15) is 5.56 Å². The number of rotatable bonds is 4. The topological polar surface area (TPSA) is 50.8 Å². The van der Waals surface area contributed by atoms with Crippen molar-refractivity contribution in [2.45, 2.75) is 6.42 Å². The Labute approximate surface area is 133 Å². The van der Waals surface area contributed by atoms with Crippen molar-refractivity contribution in [3.63, 3.8) is 0 Å². The van der Waals surface area contributed by atoms with Crippen LogP contribution in [0.3, 0.4) is 0 Å². The molecule has 5 heteroatoms. The van der Waals surface area contributed by atoms with Gasteiger partial charge in [-0.2, -0.15) is 14.8 Å². The van der Waals surface area contributed by atoms with E-state index in [4.69, 9.17) is 10.00 Å². The minimum atomic E-state index is -0.511. The molecule has 0 amide bonds. The van der Waals surface area contributed by atoms with E-state index in [2.05, 4.69) is 5.10 Å². The van der Waals surface area contributed by atoms with E-state index >= 15 is 0 Å². The Balaban J connectivity index is 2.14. The molecule has 2 aromatic carbocycles. The van der Waals surface area contributed by atoms with E-state index in [1.54, 1.807) is 43.5 Å². The van der Waals surface area contributed by atoms with Crippen LogP contribution >= 0.6 is 0 Å². The van der Waals surface area contributed by atoms with Crippen LogP contribution in [0.25, 0.3) is 16.9 Å². The van der Waals surface area contributed by atoms with Crippen molar-refractivity contribution in [2.75, 3.05) is 7.11 Å². The molecule has 114 valence electrons. The van der Waals surface area contributed by atoms with E-state index in [-0.39, 0.29) is 6.42 Å². The Morgan fingerprint density at radius 3 is 2.43 bits per heavy atom. The maximum absolute atomic E-state index is 14.7. The first-order chi connectivity index (χ1) is 11.2. The molecule has 0 saturated heterocycles. The summed E-state index contributed by atoms with van der Waals surface area (Å²) >= 11 is 0. The lowest BCUT2D eigenvalue weighted by Crippen LogP contribution is -2.00. The van der Waals surface area contributed by atoms with Crippen molar-refractivity contribution in [1.82, 2.24) is 9.78 Å². The Hall–Kier alpha value is -3.13. The summed E-state index contributed by atoms with van der Waals surface area (Å²) < 4.78 is 21.1. The van der Waals surface area contributed by atoms with Gasteiger partial charge in [-0.05, 0) is 36.4 Å². The van der Waals surface area contributed by atoms with Crippen LogP contribution in [-0.2, 0) is 6.42 Å². The number of halogens is 1. The summed E-state index contributed by atoms with van der Waals surface area (Å²) in [7, 11) is 1.58. The number of nitrogens with zero attached hydrogens (tertiary/aromatic N) is 3. The summed E-state index contributed by atoms with van der Waals surface area (Å²) in [5.74, 6) is 0.196. The second-order valence-electron chi connectivity index (χ2n) is 4.93. The molecule has 0 atom stereocenters. The first-order valence-electron chi connectivity index (χ1n) is 7.08. The van der Waals surface area contributed by atoms with Gasteiger partial charge in [0.25, 0.3) is 0 Å². The Bertz CT molecular complexity index is 848. The molecule has 0 saturated carbocycles. The molecule has 0 aliphatic carbocycles. The predicted molar refractivity (Wildman–Crippen MR) is 84.8 cm³/mol. The molecule has 1 heterocycles. The lowest BCUT2D eigenvalue weighted by Gasteiger charge is -2.02. The third kappa shape index (κ3) is 2.79. The smallest absolute Gasteiger partial charge is 0.221 e. The number of aromatic nitrogens is 2. The van der Waals surface area contributed by atoms with Crippen LogP contribution in [0.2, 0.25) is 0 Å². The molecule has 23 heavy (non-hydrogen) atoms. The van der Waals surface area contributed by atoms with Crippen molar-refractivity contribution < 1.29 is 9.13 Å². The van der Waals surface area contributed by atoms with Crippen LogP contribution in [0, 0.1) is 17.3 Å². The van der Waals surface area contributed by atoms with Gasteiger partial charge in [-0.3, -0.25) is 0 Å². The van der Waals surface area contributed by atoms with Gasteiger partial charge in [-0.15, -0.1) is 0 Å². The van der Waals surface area contributed by atoms with Gasteiger partial charge in [0, 0.05) is 11.1 Å². The summed E-state index contributed by atoms with van der Waals surface area (Å²) in [6, 6.07) is 18.2. The molecule has 0 spiro atoms. The number of ether oxygens (including phenoxy) is 1. The third-order valence-electron chi connectivity index (χ3n) is 3.54. The number of benzene rings is 2. The van der Waals surface area contributed by atoms with Crippen molar-refractivity contribution >= 4 is 0 Å². The highest BCUT2D eigenvalue weighted by Crippen LogP contribution is 2.28. The molecule has 0 unspecified atom stereocenters. The zero-order chi connectivity index (χ0) is 16.2. The average molecular weight is 307 g/mol. The van der Waals surface area contributed by atoms with Crippen molar-refractivity contribution in [3.05, 3.63) is 66.1 Å². The quantitative estimate of drug-likeness (QED) is 0.737. The lowest BCUT2D eigenvalue weighted by molar-refractivity contribution is 0.415. The molecule has 0 fully saturated rings. The van der Waals surface area contributed by atoms with Gasteiger partial charge in [0.15, 0.2) is 0 Å². The predicted octanol–water partition coefficient (Wildman–Crippen LogP) is 3.75. The summed E-state index contributed by atoms with van der Waals surface area (Å²) in [5.41, 5.74) is 2.12. The van der Waals surface area contributed by atoms with E-state index in [1.165, 1.54) is 4.68 Å². The standard InChI is InChI=1S/C18H14FN3O/c1-23-15-9-7-13(8-10-15)17-16(11-12-20)18(19)22(21-17)14-5-3-2-4-6-14/h2-10H,11H2,1H3. The molecule has 3 rings (SSSR count). The summed E-state index contributed by atoms with van der Waals surface area (Å²) in [6.45, 7) is 0. The molecule has 0 bridgehead atoms. The fourth-order valence-corrected chi connectivity index (χ4v) is 2.39. The minimum absolute atomic E-state index is 0.0416. The fraction of sp³-hybridized carbons (Fsp3) is 0.111. The Morgan fingerprint density at radius 2 is 1.83 bits per heavy atom. The van der Waals surface area contributed by atoms with Gasteiger partial charge in [0.2, 0.25) is 5.95 Å². The molecular weight excluding hydrogens is 293 g/mol. The summed E-state index contributed by atoms with van der Waals surface area (Å²) in [4.78, 5) is 0. The van der Waals surface area contributed by atoms with E-state index in [0.717, 1.165) is 5.56 Å². The first-order valence-corrected chi connectivity index (χ1v) is 7.08. The van der Waals surface area contributed by atoms with E-state index in [1.807, 2.05) is 24.3 Å². The minimum Gasteiger partial charge on any atom is -0.497 e. The van der Waals surface area contributed by atoms with Gasteiger partial charge in [-0.25, -0.2) is 4.68 Å². The van der Waals surface area contributed by atoms with Crippen LogP contribution in [0.5, 0.6) is 5.75 Å². The number of para-hydroxylation sites is 1. The molecular formula is C18H14FN3O. The van der Waals surface area contributed by atoms with Gasteiger partial charge in [0.1, 0.15) is 11.4 Å². The van der Waals surface area contributed by atoms with E-state index < -0.39 is 5.95 Å². The summed E-state index contributed by atoms with van der Waals surface area (Å²) in [6.07, 6.45) is -0.0416. The summed E-state index contributed by atoms with van der Waals surface area (Å²) in [5, 5.41) is 13.4. The molecule has 0 N–H and O–H groups in total. The number of methoxy groups -OCH3 is 1. The highest BCUT2D eigenvalue weighted by atomic mass is 19.1. The van der Waals surface area contributed by atoms with Crippen molar-refractivity contribution in [2.24, 2.45) is 0 Å². The first kappa shape index (κ1) is 14.8. The highest BCUT2D eigenvalue weighted by molar-refractivity contribution is 5.65. The van der Waals surface area contributed by atoms with Crippen LogP contribution in [-0.4, -0.2) is 16.9 Å². The Morgan fingerprint density at radius 1 is 1.13 bits per heavy atom. The normalized spacial score (nSPS) is 10.3. The molecule has 1 aromatic heterocycles. The van der Waals surface area contributed by atoms with Gasteiger partial charge in [0.05, 0.1) is 25.3 Å². The van der Waals surface area contributed by atoms with Crippen LogP contribution in [0.15, 0.2) is 54.6 Å².